The molecule has 1 fully saturated rings. The summed E-state index contributed by atoms with van der Waals surface area (Å²) in [6.45, 7) is 2.11. The smallest absolute Gasteiger partial charge is 0.152 e. The highest BCUT2D eigenvalue weighted by atomic mass is 32.2. The number of hydrogen-bond donors (Lipinski definition) is 1. The highest BCUT2D eigenvalue weighted by Gasteiger charge is 2.28. The van der Waals surface area contributed by atoms with Crippen LogP contribution in [-0.2, 0) is 16.3 Å². The topological polar surface area (TPSA) is 78.0 Å². The number of imidazole rings is 1. The SMILES string of the molecule is CCCc1nc2cc(N)ccc2n1C1CCCS(=O)(=O)C1. The lowest BCUT2D eigenvalue weighted by molar-refractivity contribution is 0.465. The molecule has 0 aliphatic carbocycles. The predicted octanol–water partition coefficient (Wildman–Crippen LogP) is 2.32. The Bertz CT molecular complexity index is 765. The number of aryl methyl sites for hydroxylation is 1. The van der Waals surface area contributed by atoms with E-state index in [1.165, 1.54) is 0 Å². The van der Waals surface area contributed by atoms with Crippen LogP contribution in [0.2, 0.25) is 0 Å². The largest absolute Gasteiger partial charge is 0.399 e. The van der Waals surface area contributed by atoms with Crippen molar-refractivity contribution in [3.8, 4) is 0 Å². The number of sulfone groups is 1. The summed E-state index contributed by atoms with van der Waals surface area (Å²) in [7, 11) is -2.94. The molecule has 2 aromatic rings. The normalized spacial score (nSPS) is 21.7. The molecule has 1 saturated heterocycles. The molecule has 1 aliphatic rings. The van der Waals surface area contributed by atoms with E-state index in [0.717, 1.165) is 42.5 Å². The molecule has 21 heavy (non-hydrogen) atoms. The lowest BCUT2D eigenvalue weighted by Gasteiger charge is -2.25. The minimum absolute atomic E-state index is 0.000996. The fraction of sp³-hybridized carbons (Fsp3) is 0.533. The Hall–Kier alpha value is -1.56. The zero-order chi connectivity index (χ0) is 15.0. The molecule has 6 heteroatoms. The van der Waals surface area contributed by atoms with Crippen molar-refractivity contribution in [2.24, 2.45) is 0 Å². The van der Waals surface area contributed by atoms with E-state index in [-0.39, 0.29) is 11.8 Å². The minimum Gasteiger partial charge on any atom is -0.399 e. The van der Waals surface area contributed by atoms with Crippen molar-refractivity contribution in [2.45, 2.75) is 38.6 Å². The van der Waals surface area contributed by atoms with Gasteiger partial charge in [0.1, 0.15) is 5.82 Å². The number of hydrogen-bond acceptors (Lipinski definition) is 4. The quantitative estimate of drug-likeness (QED) is 0.883. The molecule has 1 aromatic heterocycles. The summed E-state index contributed by atoms with van der Waals surface area (Å²) in [4.78, 5) is 4.67. The van der Waals surface area contributed by atoms with E-state index < -0.39 is 9.84 Å². The van der Waals surface area contributed by atoms with Crippen molar-refractivity contribution in [3.63, 3.8) is 0 Å². The van der Waals surface area contributed by atoms with Crippen LogP contribution in [0.5, 0.6) is 0 Å². The first-order chi connectivity index (χ1) is 10.00. The van der Waals surface area contributed by atoms with Gasteiger partial charge in [0.25, 0.3) is 0 Å². The van der Waals surface area contributed by atoms with Crippen LogP contribution in [0.1, 0.15) is 38.1 Å². The third-order valence-corrected chi connectivity index (χ3v) is 5.87. The zero-order valence-corrected chi connectivity index (χ0v) is 13.1. The van der Waals surface area contributed by atoms with Gasteiger partial charge in [-0.3, -0.25) is 0 Å². The first-order valence-electron chi connectivity index (χ1n) is 7.47. The Labute approximate surface area is 125 Å². The molecule has 1 aliphatic heterocycles. The molecule has 0 radical (unpaired) electrons. The molecule has 0 amide bonds. The summed E-state index contributed by atoms with van der Waals surface area (Å²) in [5, 5.41) is 0. The molecule has 114 valence electrons. The van der Waals surface area contributed by atoms with Crippen molar-refractivity contribution in [3.05, 3.63) is 24.0 Å². The Morgan fingerprint density at radius 1 is 1.43 bits per heavy atom. The summed E-state index contributed by atoms with van der Waals surface area (Å²) >= 11 is 0. The van der Waals surface area contributed by atoms with Gasteiger partial charge in [-0.25, -0.2) is 13.4 Å². The van der Waals surface area contributed by atoms with Crippen molar-refractivity contribution in [2.75, 3.05) is 17.2 Å². The molecule has 0 spiro atoms. The second-order valence-electron chi connectivity index (χ2n) is 5.81. The highest BCUT2D eigenvalue weighted by molar-refractivity contribution is 7.91. The van der Waals surface area contributed by atoms with Gasteiger partial charge in [0, 0.05) is 18.2 Å². The van der Waals surface area contributed by atoms with E-state index in [9.17, 15) is 8.42 Å². The fourth-order valence-electron chi connectivity index (χ4n) is 3.18. The molecular weight excluding hydrogens is 286 g/mol. The standard InChI is InChI=1S/C15H21N3O2S/c1-2-4-15-17-13-9-11(16)6-7-14(13)18(15)12-5-3-8-21(19,20)10-12/h6-7,9,12H,2-5,8,10,16H2,1H3. The molecule has 5 nitrogen and oxygen atoms in total. The number of anilines is 1. The minimum atomic E-state index is -2.94. The molecule has 0 bridgehead atoms. The number of nitrogens with two attached hydrogens (primary N) is 1. The third kappa shape index (κ3) is 2.77. The van der Waals surface area contributed by atoms with Crippen LogP contribution >= 0.6 is 0 Å². The van der Waals surface area contributed by atoms with Crippen molar-refractivity contribution in [1.82, 2.24) is 9.55 Å². The van der Waals surface area contributed by atoms with E-state index in [4.69, 9.17) is 5.73 Å². The molecule has 1 aromatic carbocycles. The van der Waals surface area contributed by atoms with Gasteiger partial charge >= 0.3 is 0 Å². The van der Waals surface area contributed by atoms with Crippen molar-refractivity contribution in [1.29, 1.82) is 0 Å². The van der Waals surface area contributed by atoms with E-state index in [0.29, 0.717) is 11.4 Å². The van der Waals surface area contributed by atoms with Gasteiger partial charge in [-0.05, 0) is 37.5 Å². The van der Waals surface area contributed by atoms with Crippen LogP contribution < -0.4 is 5.73 Å². The predicted molar refractivity (Wildman–Crippen MR) is 85.1 cm³/mol. The van der Waals surface area contributed by atoms with Crippen LogP contribution in [0.15, 0.2) is 18.2 Å². The lowest BCUT2D eigenvalue weighted by Crippen LogP contribution is -2.28. The molecule has 0 saturated carbocycles. The van der Waals surface area contributed by atoms with Gasteiger partial charge in [-0.15, -0.1) is 0 Å². The number of nitrogens with zero attached hydrogens (tertiary/aromatic N) is 2. The first kappa shape index (κ1) is 14.4. The van der Waals surface area contributed by atoms with Gasteiger partial charge in [0.05, 0.1) is 22.5 Å². The maximum Gasteiger partial charge on any atom is 0.152 e. The number of aromatic nitrogens is 2. The molecule has 1 atom stereocenters. The Morgan fingerprint density at radius 2 is 2.24 bits per heavy atom. The van der Waals surface area contributed by atoms with Crippen LogP contribution in [0.25, 0.3) is 11.0 Å². The van der Waals surface area contributed by atoms with Crippen molar-refractivity contribution < 1.29 is 8.42 Å². The monoisotopic (exact) mass is 307 g/mol. The molecule has 1 unspecified atom stereocenters. The van der Waals surface area contributed by atoms with Gasteiger partial charge in [-0.1, -0.05) is 6.92 Å². The van der Waals surface area contributed by atoms with Crippen LogP contribution in [0.3, 0.4) is 0 Å². The summed E-state index contributed by atoms with van der Waals surface area (Å²) in [5.74, 6) is 1.51. The molecule has 3 rings (SSSR count). The summed E-state index contributed by atoms with van der Waals surface area (Å²) in [5.41, 5.74) is 8.38. The number of fused-ring (bicyclic) bond motifs is 1. The number of rotatable bonds is 3. The van der Waals surface area contributed by atoms with Crippen LogP contribution in [-0.4, -0.2) is 29.5 Å². The summed E-state index contributed by atoms with van der Waals surface area (Å²) in [6.07, 6.45) is 3.46. The fourth-order valence-corrected chi connectivity index (χ4v) is 4.85. The maximum absolute atomic E-state index is 12.0. The third-order valence-electron chi connectivity index (χ3n) is 4.06. The van der Waals surface area contributed by atoms with Gasteiger partial charge in [-0.2, -0.15) is 0 Å². The van der Waals surface area contributed by atoms with Gasteiger partial charge < -0.3 is 10.3 Å². The Kier molecular flexibility index (Phi) is 3.65. The van der Waals surface area contributed by atoms with Crippen LogP contribution in [0.4, 0.5) is 5.69 Å². The van der Waals surface area contributed by atoms with E-state index >= 15 is 0 Å². The molecule has 2 heterocycles. The summed E-state index contributed by atoms with van der Waals surface area (Å²) in [6, 6.07) is 5.67. The highest BCUT2D eigenvalue weighted by Crippen LogP contribution is 2.30. The second-order valence-corrected chi connectivity index (χ2v) is 8.04. The maximum atomic E-state index is 12.0. The average Bonchev–Trinajstić information content (AvgIpc) is 2.75. The van der Waals surface area contributed by atoms with E-state index in [2.05, 4.69) is 16.5 Å². The lowest BCUT2D eigenvalue weighted by atomic mass is 10.1. The second kappa shape index (κ2) is 5.33. The first-order valence-corrected chi connectivity index (χ1v) is 9.29. The number of nitrogen functional groups attached to an aromatic ring is 1. The van der Waals surface area contributed by atoms with E-state index in [1.54, 1.807) is 0 Å². The van der Waals surface area contributed by atoms with Gasteiger partial charge in [0.2, 0.25) is 0 Å². The number of benzene rings is 1. The van der Waals surface area contributed by atoms with Gasteiger partial charge in [0.15, 0.2) is 9.84 Å². The van der Waals surface area contributed by atoms with Crippen LogP contribution in [0, 0.1) is 0 Å². The summed E-state index contributed by atoms with van der Waals surface area (Å²) < 4.78 is 26.1. The Morgan fingerprint density at radius 3 is 2.95 bits per heavy atom. The van der Waals surface area contributed by atoms with E-state index in [1.807, 2.05) is 18.2 Å². The average molecular weight is 307 g/mol. The zero-order valence-electron chi connectivity index (χ0n) is 12.2. The molecule has 2 N–H and O–H groups in total. The Balaban J connectivity index is 2.12. The molecular formula is C15H21N3O2S. The van der Waals surface area contributed by atoms with Crippen molar-refractivity contribution >= 4 is 26.6 Å².